The molecule has 0 spiro atoms. The number of halogens is 1. The molecule has 0 radical (unpaired) electrons. The molecular weight excluding hydrogens is 399 g/mol. The van der Waals surface area contributed by atoms with E-state index in [1.165, 1.54) is 23.5 Å². The van der Waals surface area contributed by atoms with Crippen molar-refractivity contribution in [2.24, 2.45) is 0 Å². The molecule has 1 aromatic carbocycles. The Labute approximate surface area is 178 Å². The second-order valence-corrected chi connectivity index (χ2v) is 8.51. The van der Waals surface area contributed by atoms with Gasteiger partial charge in [-0.15, -0.1) is 11.3 Å². The van der Waals surface area contributed by atoms with Gasteiger partial charge in [-0.05, 0) is 55.3 Å². The SMILES string of the molecule is CCCn1c(CN(Cc2ccc(F)cc2)C(=O)c2ccc(C)s2)nc2cccnc21. The topological polar surface area (TPSA) is 51.0 Å². The van der Waals surface area contributed by atoms with E-state index in [0.29, 0.717) is 18.0 Å². The number of aryl methyl sites for hydroxylation is 2. The van der Waals surface area contributed by atoms with Crippen molar-refractivity contribution in [1.82, 2.24) is 19.4 Å². The lowest BCUT2D eigenvalue weighted by Gasteiger charge is -2.22. The quantitative estimate of drug-likeness (QED) is 0.412. The van der Waals surface area contributed by atoms with Crippen LogP contribution in [0.1, 0.15) is 39.3 Å². The molecule has 0 aliphatic rings. The Hall–Kier alpha value is -3.06. The summed E-state index contributed by atoms with van der Waals surface area (Å²) in [5.41, 5.74) is 2.52. The van der Waals surface area contributed by atoms with Gasteiger partial charge in [0.25, 0.3) is 5.91 Å². The number of pyridine rings is 1. The number of nitrogens with zero attached hydrogens (tertiary/aromatic N) is 4. The Kier molecular flexibility index (Phi) is 5.90. The number of hydrogen-bond donors (Lipinski definition) is 0. The van der Waals surface area contributed by atoms with Crippen LogP contribution < -0.4 is 0 Å². The van der Waals surface area contributed by atoms with Gasteiger partial charge in [0.15, 0.2) is 5.65 Å². The molecule has 7 heteroatoms. The van der Waals surface area contributed by atoms with E-state index in [2.05, 4.69) is 16.5 Å². The van der Waals surface area contributed by atoms with Gasteiger partial charge in [-0.2, -0.15) is 0 Å². The van der Waals surface area contributed by atoms with Crippen molar-refractivity contribution >= 4 is 28.4 Å². The highest BCUT2D eigenvalue weighted by atomic mass is 32.1. The molecule has 5 nitrogen and oxygen atoms in total. The first-order valence-corrected chi connectivity index (χ1v) is 10.8. The molecule has 154 valence electrons. The first-order valence-electron chi connectivity index (χ1n) is 9.95. The van der Waals surface area contributed by atoms with Crippen LogP contribution >= 0.6 is 11.3 Å². The van der Waals surface area contributed by atoms with Gasteiger partial charge in [0.2, 0.25) is 0 Å². The number of carbonyl (C=O) groups excluding carboxylic acids is 1. The van der Waals surface area contributed by atoms with E-state index in [-0.39, 0.29) is 11.7 Å². The molecule has 0 saturated heterocycles. The molecule has 0 aliphatic heterocycles. The van der Waals surface area contributed by atoms with Crippen LogP contribution in [0.3, 0.4) is 0 Å². The van der Waals surface area contributed by atoms with Gasteiger partial charge < -0.3 is 9.47 Å². The van der Waals surface area contributed by atoms with Gasteiger partial charge in [-0.25, -0.2) is 14.4 Å². The third kappa shape index (κ3) is 4.26. The Balaban J connectivity index is 1.70. The highest BCUT2D eigenvalue weighted by molar-refractivity contribution is 7.13. The molecule has 0 atom stereocenters. The van der Waals surface area contributed by atoms with Crippen LogP contribution in [0.4, 0.5) is 4.39 Å². The molecule has 0 bridgehead atoms. The highest BCUT2D eigenvalue weighted by Crippen LogP contribution is 2.22. The monoisotopic (exact) mass is 422 g/mol. The van der Waals surface area contributed by atoms with Crippen molar-refractivity contribution in [2.75, 3.05) is 0 Å². The fourth-order valence-electron chi connectivity index (χ4n) is 3.47. The van der Waals surface area contributed by atoms with Crippen LogP contribution in [0.5, 0.6) is 0 Å². The summed E-state index contributed by atoms with van der Waals surface area (Å²) < 4.78 is 15.4. The molecule has 4 aromatic rings. The lowest BCUT2D eigenvalue weighted by molar-refractivity contribution is 0.0728. The van der Waals surface area contributed by atoms with Gasteiger partial charge in [0, 0.05) is 24.2 Å². The Bertz CT molecular complexity index is 1170. The van der Waals surface area contributed by atoms with E-state index in [1.807, 2.05) is 31.2 Å². The van der Waals surface area contributed by atoms with Gasteiger partial charge in [0.1, 0.15) is 17.2 Å². The normalized spacial score (nSPS) is 11.2. The fourth-order valence-corrected chi connectivity index (χ4v) is 4.31. The van der Waals surface area contributed by atoms with E-state index in [4.69, 9.17) is 4.98 Å². The average molecular weight is 423 g/mol. The molecule has 4 rings (SSSR count). The number of rotatable bonds is 7. The smallest absolute Gasteiger partial charge is 0.264 e. The van der Waals surface area contributed by atoms with Crippen molar-refractivity contribution in [3.05, 3.63) is 81.7 Å². The summed E-state index contributed by atoms with van der Waals surface area (Å²) in [7, 11) is 0. The van der Waals surface area contributed by atoms with Crippen molar-refractivity contribution in [3.8, 4) is 0 Å². The van der Waals surface area contributed by atoms with Gasteiger partial charge in [0.05, 0.1) is 11.4 Å². The Morgan fingerprint density at radius 2 is 1.93 bits per heavy atom. The number of hydrogen-bond acceptors (Lipinski definition) is 4. The van der Waals surface area contributed by atoms with E-state index < -0.39 is 0 Å². The van der Waals surface area contributed by atoms with Gasteiger partial charge in [-0.1, -0.05) is 19.1 Å². The van der Waals surface area contributed by atoms with Gasteiger partial charge in [-0.3, -0.25) is 4.79 Å². The van der Waals surface area contributed by atoms with E-state index in [0.717, 1.165) is 40.4 Å². The second kappa shape index (κ2) is 8.75. The highest BCUT2D eigenvalue weighted by Gasteiger charge is 2.22. The number of carbonyl (C=O) groups is 1. The molecule has 3 aromatic heterocycles. The number of aromatic nitrogens is 3. The zero-order valence-electron chi connectivity index (χ0n) is 17.0. The van der Waals surface area contributed by atoms with E-state index >= 15 is 0 Å². The number of benzene rings is 1. The lowest BCUT2D eigenvalue weighted by Crippen LogP contribution is -2.31. The van der Waals surface area contributed by atoms with Gasteiger partial charge >= 0.3 is 0 Å². The van der Waals surface area contributed by atoms with Crippen molar-refractivity contribution < 1.29 is 9.18 Å². The van der Waals surface area contributed by atoms with Crippen molar-refractivity contribution in [1.29, 1.82) is 0 Å². The molecule has 0 fully saturated rings. The maximum absolute atomic E-state index is 13.4. The summed E-state index contributed by atoms with van der Waals surface area (Å²) in [5, 5.41) is 0. The van der Waals surface area contributed by atoms with Crippen LogP contribution in [-0.2, 0) is 19.6 Å². The second-order valence-electron chi connectivity index (χ2n) is 7.22. The third-order valence-corrected chi connectivity index (χ3v) is 5.88. The first-order chi connectivity index (χ1) is 14.5. The molecule has 0 N–H and O–H groups in total. The average Bonchev–Trinajstić information content (AvgIpc) is 3.33. The predicted molar refractivity (Wildman–Crippen MR) is 117 cm³/mol. The van der Waals surface area contributed by atoms with E-state index in [9.17, 15) is 9.18 Å². The zero-order chi connectivity index (χ0) is 21.1. The van der Waals surface area contributed by atoms with Crippen LogP contribution in [-0.4, -0.2) is 25.3 Å². The maximum atomic E-state index is 13.4. The minimum Gasteiger partial charge on any atom is -0.326 e. The van der Waals surface area contributed by atoms with Crippen molar-refractivity contribution in [2.45, 2.75) is 39.9 Å². The molecule has 0 unspecified atom stereocenters. The summed E-state index contributed by atoms with van der Waals surface area (Å²) in [4.78, 5) is 26.1. The predicted octanol–water partition coefficient (Wildman–Crippen LogP) is 5.19. The van der Waals surface area contributed by atoms with Crippen molar-refractivity contribution in [3.63, 3.8) is 0 Å². The summed E-state index contributed by atoms with van der Waals surface area (Å²) in [5.74, 6) is 0.455. The minimum absolute atomic E-state index is 0.0551. The molecule has 30 heavy (non-hydrogen) atoms. The third-order valence-electron chi connectivity index (χ3n) is 4.89. The summed E-state index contributed by atoms with van der Waals surface area (Å²) in [6.07, 6.45) is 2.70. The van der Waals surface area contributed by atoms with E-state index in [1.54, 1.807) is 23.2 Å². The van der Waals surface area contributed by atoms with Crippen LogP contribution in [0.2, 0.25) is 0 Å². The summed E-state index contributed by atoms with van der Waals surface area (Å²) in [6, 6.07) is 13.9. The number of imidazole rings is 1. The lowest BCUT2D eigenvalue weighted by atomic mass is 10.2. The first kappa shape index (κ1) is 20.2. The standard InChI is InChI=1S/C23H23FN4OS/c1-3-13-28-21(26-19-5-4-12-25-22(19)28)15-27(14-17-7-9-18(24)10-8-17)23(29)20-11-6-16(2)30-20/h4-12H,3,13-15H2,1-2H3. The summed E-state index contributed by atoms with van der Waals surface area (Å²) >= 11 is 1.48. The maximum Gasteiger partial charge on any atom is 0.264 e. The van der Waals surface area contributed by atoms with Crippen LogP contribution in [0, 0.1) is 12.7 Å². The zero-order valence-corrected chi connectivity index (χ0v) is 17.8. The largest absolute Gasteiger partial charge is 0.326 e. The molecule has 0 saturated carbocycles. The minimum atomic E-state index is -0.290. The number of fused-ring (bicyclic) bond motifs is 1. The van der Waals surface area contributed by atoms with Crippen LogP contribution in [0.15, 0.2) is 54.7 Å². The molecular formula is C23H23FN4OS. The van der Waals surface area contributed by atoms with Crippen LogP contribution in [0.25, 0.3) is 11.2 Å². The summed E-state index contributed by atoms with van der Waals surface area (Å²) in [6.45, 7) is 5.59. The molecule has 1 amide bonds. The molecule has 3 heterocycles. The number of amides is 1. The molecule has 0 aliphatic carbocycles. The Morgan fingerprint density at radius 1 is 1.13 bits per heavy atom. The number of thiophene rings is 1. The Morgan fingerprint density at radius 3 is 2.63 bits per heavy atom. The fraction of sp³-hybridized carbons (Fsp3) is 0.261.